The van der Waals surface area contributed by atoms with Crippen LogP contribution in [-0.4, -0.2) is 69.3 Å². The number of carbonyl (C=O) groups is 2. The summed E-state index contributed by atoms with van der Waals surface area (Å²) in [5.41, 5.74) is 4.97. The molecule has 2 amide bonds. The van der Waals surface area contributed by atoms with Crippen LogP contribution >= 0.6 is 0 Å². The minimum absolute atomic E-state index is 0.00473. The van der Waals surface area contributed by atoms with Gasteiger partial charge in [-0.1, -0.05) is 0 Å². The van der Waals surface area contributed by atoms with Crippen LogP contribution in [0.4, 0.5) is 0 Å². The molecular formula is C12H23N3O4. The lowest BCUT2D eigenvalue weighted by atomic mass is 9.98. The minimum Gasteiger partial charge on any atom is -0.385 e. The summed E-state index contributed by atoms with van der Waals surface area (Å²) in [6, 6.07) is 0. The Bertz CT molecular complexity index is 316. The minimum atomic E-state index is -0.981. The van der Waals surface area contributed by atoms with Crippen LogP contribution in [0.15, 0.2) is 0 Å². The second kappa shape index (κ2) is 7.42. The molecule has 1 heterocycles. The molecule has 0 saturated carbocycles. The Labute approximate surface area is 113 Å². The molecule has 19 heavy (non-hydrogen) atoms. The lowest BCUT2D eigenvalue weighted by Crippen LogP contribution is -2.56. The van der Waals surface area contributed by atoms with Gasteiger partial charge in [-0.3, -0.25) is 9.59 Å². The van der Waals surface area contributed by atoms with Crippen LogP contribution in [0.5, 0.6) is 0 Å². The van der Waals surface area contributed by atoms with Crippen LogP contribution in [0.1, 0.15) is 12.8 Å². The third-order valence-corrected chi connectivity index (χ3v) is 3.05. The second-order valence-corrected chi connectivity index (χ2v) is 4.82. The topological polar surface area (TPSA) is 93.9 Å². The molecule has 0 radical (unpaired) electrons. The zero-order chi connectivity index (χ0) is 14.3. The summed E-state index contributed by atoms with van der Waals surface area (Å²) in [5, 5.41) is 2.72. The molecule has 1 atom stereocenters. The van der Waals surface area contributed by atoms with Gasteiger partial charge in [0.25, 0.3) is 0 Å². The van der Waals surface area contributed by atoms with Gasteiger partial charge < -0.3 is 25.4 Å². The predicted molar refractivity (Wildman–Crippen MR) is 69.5 cm³/mol. The van der Waals surface area contributed by atoms with Crippen molar-refractivity contribution in [3.05, 3.63) is 0 Å². The van der Waals surface area contributed by atoms with Gasteiger partial charge in [0, 0.05) is 33.9 Å². The third kappa shape index (κ3) is 4.77. The molecule has 7 nitrogen and oxygen atoms in total. The highest BCUT2D eigenvalue weighted by Gasteiger charge is 2.40. The zero-order valence-electron chi connectivity index (χ0n) is 11.6. The molecule has 0 aromatic heterocycles. The SMILES string of the molecule is COCCCNC(=O)CN(C)C(=O)C1(N)CCOC1. The van der Waals surface area contributed by atoms with Crippen molar-refractivity contribution < 1.29 is 19.1 Å². The number of nitrogens with two attached hydrogens (primary N) is 1. The molecule has 1 saturated heterocycles. The van der Waals surface area contributed by atoms with Crippen LogP contribution in [0.25, 0.3) is 0 Å². The van der Waals surface area contributed by atoms with E-state index in [0.29, 0.717) is 26.2 Å². The standard InChI is InChI=1S/C12H23N3O4/c1-15(8-10(16)14-5-3-6-18-2)11(17)12(13)4-7-19-9-12/h3-9,13H2,1-2H3,(H,14,16). The van der Waals surface area contributed by atoms with Crippen molar-refractivity contribution in [3.63, 3.8) is 0 Å². The van der Waals surface area contributed by atoms with Crippen molar-refractivity contribution in [2.75, 3.05) is 47.1 Å². The van der Waals surface area contributed by atoms with Crippen molar-refractivity contribution in [2.24, 2.45) is 5.73 Å². The fraction of sp³-hybridized carbons (Fsp3) is 0.833. The Morgan fingerprint density at radius 1 is 1.53 bits per heavy atom. The summed E-state index contributed by atoms with van der Waals surface area (Å²) in [5.74, 6) is -0.452. The molecule has 1 aliphatic rings. The van der Waals surface area contributed by atoms with Gasteiger partial charge in [0.05, 0.1) is 13.2 Å². The number of nitrogens with zero attached hydrogens (tertiary/aromatic N) is 1. The van der Waals surface area contributed by atoms with Gasteiger partial charge in [0.1, 0.15) is 5.54 Å². The van der Waals surface area contributed by atoms with E-state index < -0.39 is 5.54 Å². The molecule has 7 heteroatoms. The normalized spacial score (nSPS) is 22.3. The number of hydrogen-bond donors (Lipinski definition) is 2. The molecule has 0 spiro atoms. The number of carbonyl (C=O) groups excluding carboxylic acids is 2. The smallest absolute Gasteiger partial charge is 0.245 e. The average Bonchev–Trinajstić information content (AvgIpc) is 2.82. The van der Waals surface area contributed by atoms with E-state index >= 15 is 0 Å². The molecular weight excluding hydrogens is 250 g/mol. The summed E-state index contributed by atoms with van der Waals surface area (Å²) in [6.07, 6.45) is 1.24. The second-order valence-electron chi connectivity index (χ2n) is 4.82. The van der Waals surface area contributed by atoms with Gasteiger partial charge in [-0.2, -0.15) is 0 Å². The molecule has 0 aromatic rings. The quantitative estimate of drug-likeness (QED) is 0.563. The summed E-state index contributed by atoms with van der Waals surface area (Å²) in [6.45, 7) is 1.83. The van der Waals surface area contributed by atoms with Gasteiger partial charge in [-0.25, -0.2) is 0 Å². The molecule has 0 bridgehead atoms. The molecule has 0 aromatic carbocycles. The van der Waals surface area contributed by atoms with Crippen LogP contribution < -0.4 is 11.1 Å². The Morgan fingerprint density at radius 3 is 2.84 bits per heavy atom. The van der Waals surface area contributed by atoms with E-state index in [2.05, 4.69) is 5.32 Å². The van der Waals surface area contributed by atoms with Crippen LogP contribution in [0.3, 0.4) is 0 Å². The lowest BCUT2D eigenvalue weighted by Gasteiger charge is -2.27. The van der Waals surface area contributed by atoms with E-state index in [0.717, 1.165) is 6.42 Å². The number of hydrogen-bond acceptors (Lipinski definition) is 5. The molecule has 1 aliphatic heterocycles. The number of rotatable bonds is 7. The number of likely N-dealkylation sites (N-methyl/N-ethyl adjacent to an activating group) is 1. The maximum absolute atomic E-state index is 12.1. The van der Waals surface area contributed by atoms with E-state index in [9.17, 15) is 9.59 Å². The molecule has 1 rings (SSSR count). The number of amides is 2. The highest BCUT2D eigenvalue weighted by Crippen LogP contribution is 2.17. The zero-order valence-corrected chi connectivity index (χ0v) is 11.6. The van der Waals surface area contributed by atoms with E-state index in [1.807, 2.05) is 0 Å². The maximum atomic E-state index is 12.1. The first-order chi connectivity index (χ1) is 8.99. The van der Waals surface area contributed by atoms with E-state index in [1.165, 1.54) is 4.90 Å². The third-order valence-electron chi connectivity index (χ3n) is 3.05. The molecule has 0 aliphatic carbocycles. The summed E-state index contributed by atoms with van der Waals surface area (Å²) in [4.78, 5) is 25.1. The van der Waals surface area contributed by atoms with Gasteiger partial charge in [0.2, 0.25) is 11.8 Å². The Hall–Kier alpha value is -1.18. The Morgan fingerprint density at radius 2 is 2.26 bits per heavy atom. The predicted octanol–water partition coefficient (Wildman–Crippen LogP) is -1.28. The first kappa shape index (κ1) is 15.9. The molecule has 110 valence electrons. The molecule has 1 unspecified atom stereocenters. The highest BCUT2D eigenvalue weighted by molar-refractivity contribution is 5.90. The average molecular weight is 273 g/mol. The van der Waals surface area contributed by atoms with E-state index in [4.69, 9.17) is 15.2 Å². The summed E-state index contributed by atoms with van der Waals surface area (Å²) < 4.78 is 10.0. The van der Waals surface area contributed by atoms with Crippen molar-refractivity contribution in [1.29, 1.82) is 0 Å². The maximum Gasteiger partial charge on any atom is 0.245 e. The van der Waals surface area contributed by atoms with E-state index in [-0.39, 0.29) is 25.0 Å². The van der Waals surface area contributed by atoms with Gasteiger partial charge in [-0.15, -0.1) is 0 Å². The molecule has 3 N–H and O–H groups in total. The Kier molecular flexibility index (Phi) is 6.20. The van der Waals surface area contributed by atoms with Crippen LogP contribution in [-0.2, 0) is 19.1 Å². The van der Waals surface area contributed by atoms with Crippen molar-refractivity contribution in [2.45, 2.75) is 18.4 Å². The highest BCUT2D eigenvalue weighted by atomic mass is 16.5. The fourth-order valence-electron chi connectivity index (χ4n) is 1.92. The molecule has 1 fully saturated rings. The number of methoxy groups -OCH3 is 1. The summed E-state index contributed by atoms with van der Waals surface area (Å²) in [7, 11) is 3.18. The van der Waals surface area contributed by atoms with Gasteiger partial charge in [-0.05, 0) is 12.8 Å². The van der Waals surface area contributed by atoms with Crippen molar-refractivity contribution in [1.82, 2.24) is 10.2 Å². The first-order valence-electron chi connectivity index (χ1n) is 6.37. The number of nitrogens with one attached hydrogen (secondary N) is 1. The fourth-order valence-corrected chi connectivity index (χ4v) is 1.92. The van der Waals surface area contributed by atoms with Crippen molar-refractivity contribution in [3.8, 4) is 0 Å². The largest absolute Gasteiger partial charge is 0.385 e. The van der Waals surface area contributed by atoms with Gasteiger partial charge in [0.15, 0.2) is 0 Å². The van der Waals surface area contributed by atoms with Gasteiger partial charge >= 0.3 is 0 Å². The first-order valence-corrected chi connectivity index (χ1v) is 6.37. The lowest BCUT2D eigenvalue weighted by molar-refractivity contribution is -0.139. The van der Waals surface area contributed by atoms with Crippen molar-refractivity contribution >= 4 is 11.8 Å². The van der Waals surface area contributed by atoms with E-state index in [1.54, 1.807) is 14.2 Å². The Balaban J connectivity index is 2.31. The monoisotopic (exact) mass is 273 g/mol. The summed E-state index contributed by atoms with van der Waals surface area (Å²) >= 11 is 0. The van der Waals surface area contributed by atoms with Crippen LogP contribution in [0, 0.1) is 0 Å². The number of ether oxygens (including phenoxy) is 2. The van der Waals surface area contributed by atoms with Crippen LogP contribution in [0.2, 0.25) is 0 Å².